The molecule has 0 aromatic heterocycles. The lowest BCUT2D eigenvalue weighted by Crippen LogP contribution is -2.57. The zero-order valence-electron chi connectivity index (χ0n) is 19.3. The quantitative estimate of drug-likeness (QED) is 0.724. The van der Waals surface area contributed by atoms with E-state index in [2.05, 4.69) is 24.1 Å². The molecule has 0 radical (unpaired) electrons. The number of amides is 3. The number of rotatable bonds is 7. The maximum atomic E-state index is 13.6. The molecular weight excluding hydrogens is 392 g/mol. The number of piperidine rings is 1. The van der Waals surface area contributed by atoms with Crippen LogP contribution in [0.4, 0.5) is 5.69 Å². The van der Waals surface area contributed by atoms with E-state index in [-0.39, 0.29) is 30.2 Å². The Bertz CT molecular complexity index is 787. The largest absolute Gasteiger partial charge is 0.354 e. The third-order valence-corrected chi connectivity index (χ3v) is 6.66. The van der Waals surface area contributed by atoms with E-state index in [1.165, 1.54) is 0 Å². The molecule has 1 aromatic carbocycles. The van der Waals surface area contributed by atoms with E-state index in [0.717, 1.165) is 12.1 Å². The Morgan fingerprint density at radius 3 is 2.32 bits per heavy atom. The van der Waals surface area contributed by atoms with Crippen molar-refractivity contribution in [3.8, 4) is 0 Å². The van der Waals surface area contributed by atoms with Crippen LogP contribution in [-0.4, -0.2) is 65.9 Å². The zero-order valence-corrected chi connectivity index (χ0v) is 19.3. The summed E-state index contributed by atoms with van der Waals surface area (Å²) in [6.45, 7) is 10.2. The summed E-state index contributed by atoms with van der Waals surface area (Å²) in [6, 6.07) is 9.90. The molecule has 2 heterocycles. The van der Waals surface area contributed by atoms with Crippen molar-refractivity contribution < 1.29 is 14.4 Å². The van der Waals surface area contributed by atoms with Crippen molar-refractivity contribution in [3.05, 3.63) is 30.3 Å². The molecule has 7 nitrogen and oxygen atoms in total. The second-order valence-corrected chi connectivity index (χ2v) is 9.24. The molecule has 31 heavy (non-hydrogen) atoms. The first-order chi connectivity index (χ1) is 14.8. The number of anilines is 1. The number of carbonyl (C=O) groups is 3. The van der Waals surface area contributed by atoms with Gasteiger partial charge in [-0.2, -0.15) is 0 Å². The van der Waals surface area contributed by atoms with Crippen LogP contribution >= 0.6 is 0 Å². The van der Waals surface area contributed by atoms with E-state index in [4.69, 9.17) is 0 Å². The molecule has 2 aliphatic heterocycles. The molecule has 7 heteroatoms. The normalized spacial score (nSPS) is 19.3. The molecule has 170 valence electrons. The van der Waals surface area contributed by atoms with Gasteiger partial charge in [-0.05, 0) is 30.9 Å². The highest BCUT2D eigenvalue weighted by atomic mass is 16.2. The fraction of sp³-hybridized carbons (Fsp3) is 0.625. The molecule has 3 rings (SSSR count). The number of nitrogens with zero attached hydrogens (tertiary/aromatic N) is 3. The molecule has 0 aliphatic carbocycles. The molecule has 0 unspecified atom stereocenters. The average molecular weight is 429 g/mol. The smallest absolute Gasteiger partial charge is 0.250 e. The van der Waals surface area contributed by atoms with E-state index < -0.39 is 5.54 Å². The van der Waals surface area contributed by atoms with Crippen LogP contribution in [0.15, 0.2) is 30.3 Å². The van der Waals surface area contributed by atoms with Crippen molar-refractivity contribution in [2.75, 3.05) is 37.7 Å². The van der Waals surface area contributed by atoms with Crippen LogP contribution in [0.2, 0.25) is 0 Å². The van der Waals surface area contributed by atoms with Crippen molar-refractivity contribution in [3.63, 3.8) is 0 Å². The molecule has 1 aromatic rings. The van der Waals surface area contributed by atoms with Crippen molar-refractivity contribution in [1.82, 2.24) is 15.1 Å². The summed E-state index contributed by atoms with van der Waals surface area (Å²) in [4.78, 5) is 44.3. The van der Waals surface area contributed by atoms with Gasteiger partial charge in [-0.25, -0.2) is 0 Å². The van der Waals surface area contributed by atoms with Crippen LogP contribution in [0.5, 0.6) is 0 Å². The highest BCUT2D eigenvalue weighted by Gasteiger charge is 2.54. The van der Waals surface area contributed by atoms with Gasteiger partial charge in [-0.15, -0.1) is 0 Å². The summed E-state index contributed by atoms with van der Waals surface area (Å²) < 4.78 is 0. The van der Waals surface area contributed by atoms with Crippen LogP contribution in [0.1, 0.15) is 47.0 Å². The van der Waals surface area contributed by atoms with Crippen LogP contribution in [0.3, 0.4) is 0 Å². The fourth-order valence-corrected chi connectivity index (χ4v) is 4.45. The number of carbonyl (C=O) groups excluding carboxylic acids is 3. The third-order valence-electron chi connectivity index (χ3n) is 6.66. The van der Waals surface area contributed by atoms with Gasteiger partial charge in [0.15, 0.2) is 0 Å². The molecule has 0 bridgehead atoms. The molecule has 3 amide bonds. The van der Waals surface area contributed by atoms with Gasteiger partial charge in [0, 0.05) is 31.2 Å². The van der Waals surface area contributed by atoms with Crippen LogP contribution in [0, 0.1) is 11.8 Å². The summed E-state index contributed by atoms with van der Waals surface area (Å²) in [5.74, 6) is 0.364. The van der Waals surface area contributed by atoms with E-state index in [1.807, 2.05) is 49.1 Å². The second-order valence-electron chi connectivity index (χ2n) is 9.24. The number of hydrogen-bond donors (Lipinski definition) is 1. The van der Waals surface area contributed by atoms with Crippen molar-refractivity contribution >= 4 is 23.4 Å². The molecule has 0 saturated carbocycles. The number of hydrogen-bond acceptors (Lipinski definition) is 4. The average Bonchev–Trinajstić information content (AvgIpc) is 3.04. The molecule has 2 saturated heterocycles. The molecule has 1 N–H and O–H groups in total. The minimum Gasteiger partial charge on any atom is -0.354 e. The highest BCUT2D eigenvalue weighted by Crippen LogP contribution is 2.39. The lowest BCUT2D eigenvalue weighted by Gasteiger charge is -2.43. The standard InChI is InChI=1S/C24H36N4O3/c1-5-19(4)15-25-21(29)16-27-17-28(20-9-7-6-8-10-20)24(23(27)31)11-13-26(14-12-24)22(30)18(2)3/h6-10,18-19H,5,11-17H2,1-4H3,(H,25,29)/t19-/m0/s1. The van der Waals surface area contributed by atoms with Crippen molar-refractivity contribution in [1.29, 1.82) is 0 Å². The Balaban J connectivity index is 1.77. The lowest BCUT2D eigenvalue weighted by atomic mass is 9.85. The SMILES string of the molecule is CC[C@H](C)CNC(=O)CN1CN(c2ccccc2)C2(CCN(C(=O)C(C)C)CC2)C1=O. The first-order valence-corrected chi connectivity index (χ1v) is 11.5. The zero-order chi connectivity index (χ0) is 22.6. The fourth-order valence-electron chi connectivity index (χ4n) is 4.45. The van der Waals surface area contributed by atoms with Crippen molar-refractivity contribution in [2.45, 2.75) is 52.5 Å². The van der Waals surface area contributed by atoms with Crippen LogP contribution in [0.25, 0.3) is 0 Å². The molecule has 1 atom stereocenters. The minimum atomic E-state index is -0.702. The van der Waals surface area contributed by atoms with Gasteiger partial charge in [0.25, 0.3) is 5.91 Å². The third kappa shape index (κ3) is 4.86. The lowest BCUT2D eigenvalue weighted by molar-refractivity contribution is -0.141. The van der Waals surface area contributed by atoms with Crippen molar-refractivity contribution in [2.24, 2.45) is 11.8 Å². The summed E-state index contributed by atoms with van der Waals surface area (Å²) >= 11 is 0. The van der Waals surface area contributed by atoms with E-state index in [9.17, 15) is 14.4 Å². The second kappa shape index (κ2) is 9.71. The number of likely N-dealkylation sites (tertiary alicyclic amines) is 1. The summed E-state index contributed by atoms with van der Waals surface area (Å²) in [6.07, 6.45) is 2.15. The van der Waals surface area contributed by atoms with E-state index >= 15 is 0 Å². The predicted octanol–water partition coefficient (Wildman–Crippen LogP) is 2.47. The van der Waals surface area contributed by atoms with Gasteiger partial charge >= 0.3 is 0 Å². The highest BCUT2D eigenvalue weighted by molar-refractivity contribution is 5.96. The van der Waals surface area contributed by atoms with E-state index in [0.29, 0.717) is 45.1 Å². The maximum Gasteiger partial charge on any atom is 0.250 e. The van der Waals surface area contributed by atoms with Gasteiger partial charge in [0.2, 0.25) is 11.8 Å². The summed E-state index contributed by atoms with van der Waals surface area (Å²) in [5.41, 5.74) is 0.272. The predicted molar refractivity (Wildman–Crippen MR) is 121 cm³/mol. The first-order valence-electron chi connectivity index (χ1n) is 11.5. The summed E-state index contributed by atoms with van der Waals surface area (Å²) in [7, 11) is 0. The topological polar surface area (TPSA) is 73.0 Å². The monoisotopic (exact) mass is 428 g/mol. The Morgan fingerprint density at radius 1 is 1.10 bits per heavy atom. The van der Waals surface area contributed by atoms with E-state index in [1.54, 1.807) is 4.90 Å². The Morgan fingerprint density at radius 2 is 1.74 bits per heavy atom. The molecule has 2 aliphatic rings. The Hall–Kier alpha value is -2.57. The maximum absolute atomic E-state index is 13.6. The van der Waals surface area contributed by atoms with Gasteiger partial charge in [0.05, 0.1) is 6.67 Å². The van der Waals surface area contributed by atoms with Crippen LogP contribution in [-0.2, 0) is 14.4 Å². The van der Waals surface area contributed by atoms with Crippen LogP contribution < -0.4 is 10.2 Å². The number of nitrogens with one attached hydrogen (secondary N) is 1. The summed E-state index contributed by atoms with van der Waals surface area (Å²) in [5, 5.41) is 2.96. The van der Waals surface area contributed by atoms with Gasteiger partial charge in [-0.1, -0.05) is 52.3 Å². The minimum absolute atomic E-state index is 0.00770. The molecule has 1 spiro atoms. The molecular formula is C24H36N4O3. The Kier molecular flexibility index (Phi) is 7.23. The Labute approximate surface area is 185 Å². The number of para-hydroxylation sites is 1. The molecule has 2 fully saturated rings. The van der Waals surface area contributed by atoms with Gasteiger partial charge < -0.3 is 20.0 Å². The first kappa shape index (κ1) is 23.1. The van der Waals surface area contributed by atoms with Gasteiger partial charge in [-0.3, -0.25) is 14.4 Å². The number of benzene rings is 1. The van der Waals surface area contributed by atoms with Gasteiger partial charge in [0.1, 0.15) is 12.1 Å².